The normalized spacial score (nSPS) is 22.5. The van der Waals surface area contributed by atoms with E-state index >= 15 is 0 Å². The van der Waals surface area contributed by atoms with Crippen molar-refractivity contribution in [3.63, 3.8) is 0 Å². The zero-order valence-electron chi connectivity index (χ0n) is 14.8. The molecule has 136 valence electrons. The van der Waals surface area contributed by atoms with E-state index in [0.29, 0.717) is 5.91 Å². The van der Waals surface area contributed by atoms with E-state index in [1.807, 2.05) is 6.20 Å². The molecule has 2 saturated heterocycles. The maximum Gasteiger partial charge on any atom is 0.225 e. The predicted octanol–water partition coefficient (Wildman–Crippen LogP) is 1.15. The lowest BCUT2D eigenvalue weighted by Crippen LogP contribution is -2.50. The summed E-state index contributed by atoms with van der Waals surface area (Å²) in [4.78, 5) is 19.2. The second-order valence-corrected chi connectivity index (χ2v) is 7.17. The number of piperazine rings is 1. The molecule has 2 aliphatic heterocycles. The molecule has 1 aliphatic carbocycles. The Labute approximate surface area is 148 Å². The molecule has 1 aromatic rings. The van der Waals surface area contributed by atoms with Crippen LogP contribution in [0.2, 0.25) is 0 Å². The van der Waals surface area contributed by atoms with Crippen molar-refractivity contribution < 1.29 is 9.53 Å². The number of anilines is 2. The van der Waals surface area contributed by atoms with Gasteiger partial charge in [0, 0.05) is 51.3 Å². The van der Waals surface area contributed by atoms with Crippen LogP contribution in [0, 0.1) is 5.92 Å². The van der Waals surface area contributed by atoms with Gasteiger partial charge in [-0.1, -0.05) is 12.8 Å². The van der Waals surface area contributed by atoms with Crippen molar-refractivity contribution in [1.82, 2.24) is 15.1 Å². The van der Waals surface area contributed by atoms with E-state index in [1.54, 1.807) is 0 Å². The van der Waals surface area contributed by atoms with E-state index < -0.39 is 0 Å². The molecule has 25 heavy (non-hydrogen) atoms. The fourth-order valence-corrected chi connectivity index (χ4v) is 4.08. The summed E-state index contributed by atoms with van der Waals surface area (Å²) in [5.41, 5.74) is 1.10. The number of ether oxygens (including phenoxy) is 1. The first-order chi connectivity index (χ1) is 12.3. The predicted molar refractivity (Wildman–Crippen MR) is 95.8 cm³/mol. The van der Waals surface area contributed by atoms with Crippen LogP contribution in [0.1, 0.15) is 25.7 Å². The Morgan fingerprint density at radius 3 is 2.44 bits per heavy atom. The molecule has 7 nitrogen and oxygen atoms in total. The number of morpholine rings is 1. The maximum atomic E-state index is 12.6. The minimum atomic E-state index is 0.280. The summed E-state index contributed by atoms with van der Waals surface area (Å²) in [6.45, 7) is 6.57. The van der Waals surface area contributed by atoms with Gasteiger partial charge in [0.05, 0.1) is 25.1 Å². The van der Waals surface area contributed by atoms with Crippen molar-refractivity contribution in [2.45, 2.75) is 25.7 Å². The lowest BCUT2D eigenvalue weighted by Gasteiger charge is -2.37. The van der Waals surface area contributed by atoms with Crippen molar-refractivity contribution in [3.8, 4) is 0 Å². The summed E-state index contributed by atoms with van der Waals surface area (Å²) >= 11 is 0. The van der Waals surface area contributed by atoms with Crippen molar-refractivity contribution in [1.29, 1.82) is 0 Å². The molecule has 0 spiro atoms. The third-order valence-electron chi connectivity index (χ3n) is 5.62. The average molecular weight is 345 g/mol. The smallest absolute Gasteiger partial charge is 0.225 e. The minimum Gasteiger partial charge on any atom is -0.378 e. The fraction of sp³-hybridized carbons (Fsp3) is 0.722. The van der Waals surface area contributed by atoms with Gasteiger partial charge in [-0.05, 0) is 12.8 Å². The zero-order chi connectivity index (χ0) is 17.1. The molecule has 1 saturated carbocycles. The Bertz CT molecular complexity index is 591. The van der Waals surface area contributed by atoms with E-state index in [9.17, 15) is 4.79 Å². The monoisotopic (exact) mass is 345 g/mol. The Morgan fingerprint density at radius 1 is 1.00 bits per heavy atom. The number of hydrogen-bond donors (Lipinski definition) is 0. The van der Waals surface area contributed by atoms with E-state index in [0.717, 1.165) is 76.8 Å². The van der Waals surface area contributed by atoms with Gasteiger partial charge in [0.15, 0.2) is 5.82 Å². The van der Waals surface area contributed by atoms with Crippen LogP contribution in [0.25, 0.3) is 0 Å². The van der Waals surface area contributed by atoms with Crippen molar-refractivity contribution >= 4 is 17.4 Å². The van der Waals surface area contributed by atoms with Crippen LogP contribution < -0.4 is 9.80 Å². The largest absolute Gasteiger partial charge is 0.378 e. The summed E-state index contributed by atoms with van der Waals surface area (Å²) in [5, 5.41) is 8.48. The first kappa shape index (κ1) is 16.6. The van der Waals surface area contributed by atoms with Gasteiger partial charge in [-0.25, -0.2) is 0 Å². The highest BCUT2D eigenvalue weighted by Gasteiger charge is 2.29. The molecule has 3 heterocycles. The van der Waals surface area contributed by atoms with Crippen LogP contribution in [-0.2, 0) is 9.53 Å². The van der Waals surface area contributed by atoms with Gasteiger partial charge in [-0.15, -0.1) is 5.10 Å². The maximum absolute atomic E-state index is 12.6. The van der Waals surface area contributed by atoms with Crippen molar-refractivity contribution in [2.24, 2.45) is 5.92 Å². The van der Waals surface area contributed by atoms with E-state index in [4.69, 9.17) is 4.74 Å². The molecule has 3 fully saturated rings. The van der Waals surface area contributed by atoms with E-state index in [2.05, 4.69) is 31.0 Å². The number of rotatable bonds is 3. The summed E-state index contributed by atoms with van der Waals surface area (Å²) in [7, 11) is 0. The molecule has 0 unspecified atom stereocenters. The summed E-state index contributed by atoms with van der Waals surface area (Å²) in [5.74, 6) is 1.58. The number of aromatic nitrogens is 2. The highest BCUT2D eigenvalue weighted by atomic mass is 16.5. The third-order valence-corrected chi connectivity index (χ3v) is 5.62. The molecular weight excluding hydrogens is 318 g/mol. The Morgan fingerprint density at radius 2 is 1.72 bits per heavy atom. The first-order valence-corrected chi connectivity index (χ1v) is 9.50. The standard InChI is InChI=1S/C18H27N5O2/c24-18(15-3-1-2-4-15)23-7-5-21(6-8-23)16-13-17(20-19-14-16)22-9-11-25-12-10-22/h13-15H,1-12H2. The highest BCUT2D eigenvalue weighted by molar-refractivity contribution is 5.79. The SMILES string of the molecule is O=C(C1CCCC1)N1CCN(c2cnnc(N3CCOCC3)c2)CC1. The van der Waals surface area contributed by atoms with Crippen LogP contribution in [0.15, 0.2) is 12.3 Å². The fourth-order valence-electron chi connectivity index (χ4n) is 4.08. The van der Waals surface area contributed by atoms with Crippen molar-refractivity contribution in [3.05, 3.63) is 12.3 Å². The van der Waals surface area contributed by atoms with Crippen molar-refractivity contribution in [2.75, 3.05) is 62.3 Å². The first-order valence-electron chi connectivity index (χ1n) is 9.50. The molecule has 7 heteroatoms. The quantitative estimate of drug-likeness (QED) is 0.819. The zero-order valence-corrected chi connectivity index (χ0v) is 14.8. The number of hydrogen-bond acceptors (Lipinski definition) is 6. The molecule has 0 bridgehead atoms. The molecule has 3 aliphatic rings. The lowest BCUT2D eigenvalue weighted by atomic mass is 10.1. The van der Waals surface area contributed by atoms with Crippen LogP contribution in [0.4, 0.5) is 11.5 Å². The van der Waals surface area contributed by atoms with Gasteiger partial charge in [-0.2, -0.15) is 5.10 Å². The van der Waals surface area contributed by atoms with E-state index in [-0.39, 0.29) is 5.92 Å². The van der Waals surface area contributed by atoms with Gasteiger partial charge in [0.25, 0.3) is 0 Å². The van der Waals surface area contributed by atoms with Crippen LogP contribution in [-0.4, -0.2) is 73.5 Å². The number of carbonyl (C=O) groups is 1. The second-order valence-electron chi connectivity index (χ2n) is 7.17. The number of carbonyl (C=O) groups excluding carboxylic acids is 1. The minimum absolute atomic E-state index is 0.280. The molecule has 0 N–H and O–H groups in total. The topological polar surface area (TPSA) is 61.8 Å². The van der Waals surface area contributed by atoms with Gasteiger partial charge in [0.1, 0.15) is 0 Å². The highest BCUT2D eigenvalue weighted by Crippen LogP contribution is 2.27. The average Bonchev–Trinajstić information content (AvgIpc) is 3.23. The number of amides is 1. The summed E-state index contributed by atoms with van der Waals surface area (Å²) in [6.07, 6.45) is 6.41. The van der Waals surface area contributed by atoms with Crippen LogP contribution >= 0.6 is 0 Å². The summed E-state index contributed by atoms with van der Waals surface area (Å²) in [6, 6.07) is 2.12. The molecule has 0 radical (unpaired) electrons. The number of nitrogens with zero attached hydrogens (tertiary/aromatic N) is 5. The van der Waals surface area contributed by atoms with Gasteiger partial charge in [-0.3, -0.25) is 4.79 Å². The van der Waals surface area contributed by atoms with Crippen LogP contribution in [0.3, 0.4) is 0 Å². The molecule has 4 rings (SSSR count). The van der Waals surface area contributed by atoms with Gasteiger partial charge < -0.3 is 19.4 Å². The second kappa shape index (κ2) is 7.56. The molecule has 0 aromatic carbocycles. The molecular formula is C18H27N5O2. The third kappa shape index (κ3) is 3.71. The Kier molecular flexibility index (Phi) is 5.01. The Balaban J connectivity index is 1.36. The van der Waals surface area contributed by atoms with Gasteiger partial charge >= 0.3 is 0 Å². The van der Waals surface area contributed by atoms with E-state index in [1.165, 1.54) is 12.8 Å². The van der Waals surface area contributed by atoms with Crippen LogP contribution in [0.5, 0.6) is 0 Å². The van der Waals surface area contributed by atoms with Gasteiger partial charge in [0.2, 0.25) is 5.91 Å². The Hall–Kier alpha value is -1.89. The lowest BCUT2D eigenvalue weighted by molar-refractivity contribution is -0.135. The summed E-state index contributed by atoms with van der Waals surface area (Å²) < 4.78 is 5.41. The molecule has 1 amide bonds. The molecule has 0 atom stereocenters. The molecule has 1 aromatic heterocycles.